The molecule has 0 spiro atoms. The van der Waals surface area contributed by atoms with Crippen LogP contribution in [0.1, 0.15) is 12.8 Å². The van der Waals surface area contributed by atoms with E-state index in [1.165, 1.54) is 0 Å². The summed E-state index contributed by atoms with van der Waals surface area (Å²) < 4.78 is 5.26. The molecule has 0 aromatic rings. The maximum Gasteiger partial charge on any atom is 0.321 e. The average molecular weight is 311 g/mol. The highest BCUT2D eigenvalue weighted by atomic mass is 16.5. The molecule has 1 amide bonds. The fraction of sp³-hybridized carbons (Fsp3) is 0.867. The number of nitrogens with zero attached hydrogens (tertiary/aromatic N) is 3. The number of carboxylic acid groups (broad SMARTS) is 1. The molecule has 3 fully saturated rings. The van der Waals surface area contributed by atoms with E-state index in [0.717, 1.165) is 39.0 Å². The lowest BCUT2D eigenvalue weighted by Crippen LogP contribution is -2.55. The second-order valence-electron chi connectivity index (χ2n) is 6.43. The summed E-state index contributed by atoms with van der Waals surface area (Å²) in [6, 6.07) is -0.322. The molecule has 2 saturated heterocycles. The number of carbonyl (C=O) groups excluding carboxylic acids is 1. The number of carbonyl (C=O) groups is 2. The second kappa shape index (κ2) is 6.93. The number of ether oxygens (including phenoxy) is 1. The number of rotatable bonds is 5. The first kappa shape index (κ1) is 15.7. The minimum absolute atomic E-state index is 0.161. The minimum atomic E-state index is -0.694. The van der Waals surface area contributed by atoms with Gasteiger partial charge in [-0.15, -0.1) is 0 Å². The Hall–Kier alpha value is -1.18. The molecular formula is C15H25N3O4. The molecule has 1 saturated carbocycles. The number of morpholine rings is 1. The maximum atomic E-state index is 12.2. The lowest BCUT2D eigenvalue weighted by atomic mass is 10.1. The zero-order chi connectivity index (χ0) is 15.5. The summed E-state index contributed by atoms with van der Waals surface area (Å²) in [7, 11) is 0. The van der Waals surface area contributed by atoms with E-state index in [2.05, 4.69) is 9.80 Å². The molecule has 2 heterocycles. The van der Waals surface area contributed by atoms with E-state index >= 15 is 0 Å². The summed E-state index contributed by atoms with van der Waals surface area (Å²) in [6.07, 6.45) is 2.07. The molecule has 0 aromatic carbocycles. The van der Waals surface area contributed by atoms with E-state index in [0.29, 0.717) is 38.8 Å². The van der Waals surface area contributed by atoms with Crippen molar-refractivity contribution in [2.45, 2.75) is 18.9 Å². The Labute approximate surface area is 130 Å². The highest BCUT2D eigenvalue weighted by Gasteiger charge is 2.41. The van der Waals surface area contributed by atoms with Crippen LogP contribution in [0, 0.1) is 5.92 Å². The molecule has 7 heteroatoms. The summed E-state index contributed by atoms with van der Waals surface area (Å²) >= 11 is 0. The smallest absolute Gasteiger partial charge is 0.321 e. The van der Waals surface area contributed by atoms with E-state index in [1.54, 1.807) is 0 Å². The fourth-order valence-electron chi connectivity index (χ4n) is 3.37. The van der Waals surface area contributed by atoms with Crippen LogP contribution in [-0.2, 0) is 14.3 Å². The van der Waals surface area contributed by atoms with Gasteiger partial charge in [0.05, 0.1) is 19.8 Å². The average Bonchev–Trinajstić information content (AvgIpc) is 3.34. The van der Waals surface area contributed by atoms with E-state index in [4.69, 9.17) is 4.74 Å². The van der Waals surface area contributed by atoms with Gasteiger partial charge in [0.15, 0.2) is 0 Å². The summed E-state index contributed by atoms with van der Waals surface area (Å²) in [5.74, 6) is -0.201. The van der Waals surface area contributed by atoms with Crippen molar-refractivity contribution < 1.29 is 19.4 Å². The quantitative estimate of drug-likeness (QED) is 0.726. The molecule has 0 radical (unpaired) electrons. The Morgan fingerprint density at radius 1 is 1.05 bits per heavy atom. The highest BCUT2D eigenvalue weighted by molar-refractivity contribution is 5.78. The van der Waals surface area contributed by atoms with Gasteiger partial charge in [-0.05, 0) is 18.8 Å². The van der Waals surface area contributed by atoms with Gasteiger partial charge >= 0.3 is 5.97 Å². The highest BCUT2D eigenvalue weighted by Crippen LogP contribution is 2.35. The normalized spacial score (nSPS) is 25.9. The molecule has 2 aliphatic heterocycles. The molecule has 7 nitrogen and oxygen atoms in total. The molecule has 0 aromatic heterocycles. The number of aliphatic carboxylic acids is 1. The van der Waals surface area contributed by atoms with Gasteiger partial charge in [0.1, 0.15) is 6.04 Å². The summed E-state index contributed by atoms with van der Waals surface area (Å²) in [5.41, 5.74) is 0. The predicted molar refractivity (Wildman–Crippen MR) is 79.6 cm³/mol. The lowest BCUT2D eigenvalue weighted by molar-refractivity contribution is -0.146. The van der Waals surface area contributed by atoms with Gasteiger partial charge in [-0.3, -0.25) is 19.4 Å². The molecule has 0 bridgehead atoms. The number of piperazine rings is 1. The number of carboxylic acids is 1. The minimum Gasteiger partial charge on any atom is -0.480 e. The van der Waals surface area contributed by atoms with Crippen LogP contribution >= 0.6 is 0 Å². The Bertz CT molecular complexity index is 413. The van der Waals surface area contributed by atoms with Crippen molar-refractivity contribution in [1.29, 1.82) is 0 Å². The zero-order valence-corrected chi connectivity index (χ0v) is 12.9. The molecule has 1 atom stereocenters. The molecule has 3 rings (SSSR count). The Morgan fingerprint density at radius 2 is 1.68 bits per heavy atom. The van der Waals surface area contributed by atoms with Crippen molar-refractivity contribution in [3.63, 3.8) is 0 Å². The summed E-state index contributed by atoms with van der Waals surface area (Å²) in [6.45, 7) is 6.08. The largest absolute Gasteiger partial charge is 0.480 e. The molecule has 1 N–H and O–H groups in total. The van der Waals surface area contributed by atoms with Crippen molar-refractivity contribution >= 4 is 11.9 Å². The van der Waals surface area contributed by atoms with E-state index in [-0.39, 0.29) is 11.9 Å². The molecule has 124 valence electrons. The van der Waals surface area contributed by atoms with Crippen molar-refractivity contribution in [2.75, 3.05) is 59.0 Å². The van der Waals surface area contributed by atoms with Crippen LogP contribution in [0.4, 0.5) is 0 Å². The number of amides is 1. The van der Waals surface area contributed by atoms with Gasteiger partial charge in [-0.2, -0.15) is 0 Å². The first-order valence-electron chi connectivity index (χ1n) is 8.20. The van der Waals surface area contributed by atoms with Crippen LogP contribution in [0.2, 0.25) is 0 Å². The number of hydrogen-bond acceptors (Lipinski definition) is 5. The third-order valence-corrected chi connectivity index (χ3v) is 4.84. The van der Waals surface area contributed by atoms with E-state index in [1.807, 2.05) is 4.90 Å². The maximum absolute atomic E-state index is 12.2. The Balaban J connectivity index is 1.45. The lowest BCUT2D eigenvalue weighted by Gasteiger charge is -2.38. The van der Waals surface area contributed by atoms with Gasteiger partial charge in [-0.25, -0.2) is 0 Å². The third kappa shape index (κ3) is 3.77. The van der Waals surface area contributed by atoms with Crippen molar-refractivity contribution in [2.24, 2.45) is 5.92 Å². The van der Waals surface area contributed by atoms with E-state index < -0.39 is 5.97 Å². The van der Waals surface area contributed by atoms with Gasteiger partial charge in [0.25, 0.3) is 0 Å². The van der Waals surface area contributed by atoms with Crippen LogP contribution in [0.5, 0.6) is 0 Å². The van der Waals surface area contributed by atoms with Crippen LogP contribution in [0.3, 0.4) is 0 Å². The molecular weight excluding hydrogens is 286 g/mol. The van der Waals surface area contributed by atoms with Gasteiger partial charge in [0, 0.05) is 39.3 Å². The molecule has 1 aliphatic carbocycles. The van der Waals surface area contributed by atoms with Crippen molar-refractivity contribution in [3.8, 4) is 0 Å². The first-order chi connectivity index (χ1) is 10.6. The zero-order valence-electron chi connectivity index (χ0n) is 12.9. The Morgan fingerprint density at radius 3 is 2.23 bits per heavy atom. The molecule has 1 unspecified atom stereocenters. The second-order valence-corrected chi connectivity index (χ2v) is 6.43. The van der Waals surface area contributed by atoms with Gasteiger partial charge in [0.2, 0.25) is 5.91 Å². The fourth-order valence-corrected chi connectivity index (χ4v) is 3.37. The summed E-state index contributed by atoms with van der Waals surface area (Å²) in [5, 5.41) is 9.39. The van der Waals surface area contributed by atoms with E-state index in [9.17, 15) is 14.7 Å². The first-order valence-corrected chi connectivity index (χ1v) is 8.20. The standard InChI is InChI=1S/C15H25N3O4/c19-13(17-7-9-22-10-8-17)11-16-3-5-18(6-4-16)14(15(20)21)12-1-2-12/h12,14H,1-11H2,(H,20,21). The number of hydrogen-bond donors (Lipinski definition) is 1. The predicted octanol–water partition coefficient (Wildman–Crippen LogP) is -0.674. The third-order valence-electron chi connectivity index (χ3n) is 4.84. The van der Waals surface area contributed by atoms with Crippen LogP contribution in [-0.4, -0.2) is 96.8 Å². The molecule has 22 heavy (non-hydrogen) atoms. The van der Waals surface area contributed by atoms with Crippen molar-refractivity contribution in [1.82, 2.24) is 14.7 Å². The SMILES string of the molecule is O=C(O)C(C1CC1)N1CCN(CC(=O)N2CCOCC2)CC1. The van der Waals surface area contributed by atoms with Crippen LogP contribution in [0.25, 0.3) is 0 Å². The van der Waals surface area contributed by atoms with Gasteiger partial charge in [-0.1, -0.05) is 0 Å². The topological polar surface area (TPSA) is 73.3 Å². The van der Waals surface area contributed by atoms with Crippen molar-refractivity contribution in [3.05, 3.63) is 0 Å². The van der Waals surface area contributed by atoms with Crippen LogP contribution < -0.4 is 0 Å². The summed E-state index contributed by atoms with van der Waals surface area (Å²) in [4.78, 5) is 29.7. The Kier molecular flexibility index (Phi) is 4.95. The van der Waals surface area contributed by atoms with Gasteiger partial charge < -0.3 is 14.7 Å². The molecule has 3 aliphatic rings. The van der Waals surface area contributed by atoms with Crippen LogP contribution in [0.15, 0.2) is 0 Å². The monoisotopic (exact) mass is 311 g/mol.